The first-order valence-electron chi connectivity index (χ1n) is 9.43. The quantitative estimate of drug-likeness (QED) is 0.775. The van der Waals surface area contributed by atoms with E-state index in [1.54, 1.807) is 5.38 Å². The summed E-state index contributed by atoms with van der Waals surface area (Å²) in [5.74, 6) is 0.111. The van der Waals surface area contributed by atoms with E-state index in [4.69, 9.17) is 5.73 Å². The summed E-state index contributed by atoms with van der Waals surface area (Å²) in [5, 5.41) is 2.70. The topological polar surface area (TPSA) is 79.5 Å². The van der Waals surface area contributed by atoms with Crippen LogP contribution in [0, 0.1) is 0 Å². The van der Waals surface area contributed by atoms with Gasteiger partial charge >= 0.3 is 0 Å². The zero-order valence-corrected chi connectivity index (χ0v) is 17.5. The number of rotatable bonds is 6. The number of carbonyl (C=O) groups is 2. The third-order valence-corrected chi connectivity index (χ3v) is 5.64. The SMILES string of the molecule is Cl.NCCc1nc(C(=O)N2CCCN(C(=O)CCc3ccccc3)CC2)cs1. The Hall–Kier alpha value is -1.96. The molecule has 3 rings (SSSR count). The molecule has 2 amide bonds. The molecule has 1 aliphatic rings. The fraction of sp³-hybridized carbons (Fsp3) is 0.450. The molecule has 0 radical (unpaired) electrons. The van der Waals surface area contributed by atoms with E-state index in [2.05, 4.69) is 4.98 Å². The van der Waals surface area contributed by atoms with Crippen molar-refractivity contribution in [1.29, 1.82) is 0 Å². The van der Waals surface area contributed by atoms with Gasteiger partial charge in [0.05, 0.1) is 5.01 Å². The highest BCUT2D eigenvalue weighted by molar-refractivity contribution is 7.09. The molecule has 1 aliphatic heterocycles. The molecule has 0 unspecified atom stereocenters. The number of amides is 2. The van der Waals surface area contributed by atoms with E-state index in [0.717, 1.165) is 17.8 Å². The van der Waals surface area contributed by atoms with Gasteiger partial charge in [-0.15, -0.1) is 23.7 Å². The fourth-order valence-electron chi connectivity index (χ4n) is 3.23. The van der Waals surface area contributed by atoms with E-state index in [9.17, 15) is 9.59 Å². The first-order valence-corrected chi connectivity index (χ1v) is 10.3. The second-order valence-electron chi connectivity index (χ2n) is 6.68. The van der Waals surface area contributed by atoms with Crippen molar-refractivity contribution in [3.63, 3.8) is 0 Å². The molecule has 0 bridgehead atoms. The van der Waals surface area contributed by atoms with Crippen LogP contribution < -0.4 is 5.73 Å². The highest BCUT2D eigenvalue weighted by Gasteiger charge is 2.24. The lowest BCUT2D eigenvalue weighted by atomic mass is 10.1. The minimum Gasteiger partial charge on any atom is -0.341 e. The Bertz CT molecular complexity index is 769. The van der Waals surface area contributed by atoms with Crippen LogP contribution in [0.3, 0.4) is 0 Å². The van der Waals surface area contributed by atoms with E-state index < -0.39 is 0 Å². The predicted molar refractivity (Wildman–Crippen MR) is 114 cm³/mol. The number of halogens is 1. The summed E-state index contributed by atoms with van der Waals surface area (Å²) in [6.45, 7) is 3.03. The smallest absolute Gasteiger partial charge is 0.273 e. The third kappa shape index (κ3) is 6.02. The number of carbonyl (C=O) groups excluding carboxylic acids is 2. The standard InChI is InChI=1S/C20H26N4O2S.ClH/c21-10-9-18-22-17(15-27-18)20(26)24-12-4-11-23(13-14-24)19(25)8-7-16-5-2-1-3-6-16;/h1-3,5-6,15H,4,7-14,21H2;1H. The van der Waals surface area contributed by atoms with E-state index in [1.807, 2.05) is 40.1 Å². The number of hydrogen-bond donors (Lipinski definition) is 1. The Morgan fingerprint density at radius 2 is 1.75 bits per heavy atom. The number of nitrogens with zero attached hydrogens (tertiary/aromatic N) is 3. The molecule has 2 heterocycles. The summed E-state index contributed by atoms with van der Waals surface area (Å²) in [6, 6.07) is 10.1. The van der Waals surface area contributed by atoms with Crippen LogP contribution in [0.4, 0.5) is 0 Å². The largest absolute Gasteiger partial charge is 0.341 e. The molecule has 2 aromatic rings. The highest BCUT2D eigenvalue weighted by Crippen LogP contribution is 2.14. The minimum atomic E-state index is -0.0481. The van der Waals surface area contributed by atoms with E-state index >= 15 is 0 Å². The maximum atomic E-state index is 12.7. The molecule has 0 saturated carbocycles. The van der Waals surface area contributed by atoms with E-state index in [-0.39, 0.29) is 24.2 Å². The van der Waals surface area contributed by atoms with Gasteiger partial charge in [0.2, 0.25) is 5.91 Å². The van der Waals surface area contributed by atoms with Crippen molar-refractivity contribution in [2.24, 2.45) is 5.73 Å². The average Bonchev–Trinajstić information content (AvgIpc) is 3.02. The van der Waals surface area contributed by atoms with Gasteiger partial charge in [0, 0.05) is 44.4 Å². The molecule has 6 nitrogen and oxygen atoms in total. The summed E-state index contributed by atoms with van der Waals surface area (Å²) in [4.78, 5) is 33.3. The number of nitrogens with two attached hydrogens (primary N) is 1. The van der Waals surface area contributed by atoms with Crippen molar-refractivity contribution >= 4 is 35.6 Å². The number of benzene rings is 1. The van der Waals surface area contributed by atoms with Gasteiger partial charge in [0.25, 0.3) is 5.91 Å². The normalized spacial score (nSPS) is 14.3. The lowest BCUT2D eigenvalue weighted by Gasteiger charge is -2.21. The van der Waals surface area contributed by atoms with Gasteiger partial charge in [-0.1, -0.05) is 30.3 Å². The van der Waals surface area contributed by atoms with Gasteiger partial charge in [-0.2, -0.15) is 0 Å². The average molecular weight is 423 g/mol. The summed E-state index contributed by atoms with van der Waals surface area (Å²) < 4.78 is 0. The lowest BCUT2D eigenvalue weighted by molar-refractivity contribution is -0.131. The van der Waals surface area contributed by atoms with Crippen LogP contribution in [0.2, 0.25) is 0 Å². The van der Waals surface area contributed by atoms with Crippen molar-refractivity contribution in [2.45, 2.75) is 25.7 Å². The molecule has 1 aromatic heterocycles. The van der Waals surface area contributed by atoms with Gasteiger partial charge in [-0.25, -0.2) is 4.98 Å². The molecule has 0 atom stereocenters. The van der Waals surface area contributed by atoms with Gasteiger partial charge in [-0.3, -0.25) is 9.59 Å². The molecule has 1 aromatic carbocycles. The monoisotopic (exact) mass is 422 g/mol. The Morgan fingerprint density at radius 3 is 2.50 bits per heavy atom. The Labute approximate surface area is 176 Å². The molecule has 0 aliphatic carbocycles. The predicted octanol–water partition coefficient (Wildman–Crippen LogP) is 2.37. The summed E-state index contributed by atoms with van der Waals surface area (Å²) in [5.41, 5.74) is 7.22. The molecule has 8 heteroatoms. The number of hydrogen-bond acceptors (Lipinski definition) is 5. The number of thiazole rings is 1. The van der Waals surface area contributed by atoms with Crippen LogP contribution in [0.1, 0.15) is 33.9 Å². The van der Waals surface area contributed by atoms with Crippen LogP contribution in [0.25, 0.3) is 0 Å². The summed E-state index contributed by atoms with van der Waals surface area (Å²) in [7, 11) is 0. The molecule has 28 heavy (non-hydrogen) atoms. The van der Waals surface area contributed by atoms with Gasteiger partial charge in [-0.05, 0) is 24.9 Å². The Kier molecular flexibility index (Phi) is 8.89. The second kappa shape index (κ2) is 11.1. The maximum Gasteiger partial charge on any atom is 0.273 e. The van der Waals surface area contributed by atoms with Crippen molar-refractivity contribution < 1.29 is 9.59 Å². The summed E-state index contributed by atoms with van der Waals surface area (Å²) >= 11 is 1.48. The van der Waals surface area contributed by atoms with Crippen molar-refractivity contribution in [1.82, 2.24) is 14.8 Å². The first-order chi connectivity index (χ1) is 13.2. The molecule has 1 fully saturated rings. The van der Waals surface area contributed by atoms with Crippen molar-refractivity contribution in [3.05, 3.63) is 52.0 Å². The molecule has 1 saturated heterocycles. The Morgan fingerprint density at radius 1 is 1.04 bits per heavy atom. The molecular weight excluding hydrogens is 396 g/mol. The van der Waals surface area contributed by atoms with Crippen molar-refractivity contribution in [2.75, 3.05) is 32.7 Å². The van der Waals surface area contributed by atoms with Gasteiger partial charge in [0.1, 0.15) is 5.69 Å². The summed E-state index contributed by atoms with van der Waals surface area (Å²) in [6.07, 6.45) is 2.75. The zero-order chi connectivity index (χ0) is 19.1. The van der Waals surface area contributed by atoms with Crippen LogP contribution in [-0.4, -0.2) is 59.3 Å². The highest BCUT2D eigenvalue weighted by atomic mass is 35.5. The van der Waals surface area contributed by atoms with Crippen LogP contribution in [0.15, 0.2) is 35.7 Å². The number of aryl methyl sites for hydroxylation is 1. The van der Waals surface area contributed by atoms with Crippen molar-refractivity contribution in [3.8, 4) is 0 Å². The van der Waals surface area contributed by atoms with E-state index in [1.165, 1.54) is 16.9 Å². The molecule has 0 spiro atoms. The maximum absolute atomic E-state index is 12.7. The minimum absolute atomic E-state index is 0. The van der Waals surface area contributed by atoms with Crippen LogP contribution in [0.5, 0.6) is 0 Å². The molecular formula is C20H27ClN4O2S. The van der Waals surface area contributed by atoms with Gasteiger partial charge < -0.3 is 15.5 Å². The lowest BCUT2D eigenvalue weighted by Crippen LogP contribution is -2.37. The zero-order valence-electron chi connectivity index (χ0n) is 15.9. The van der Waals surface area contributed by atoms with Crippen LogP contribution >= 0.6 is 23.7 Å². The number of aromatic nitrogens is 1. The second-order valence-corrected chi connectivity index (χ2v) is 7.62. The molecule has 2 N–H and O–H groups in total. The first kappa shape index (κ1) is 22.3. The third-order valence-electron chi connectivity index (χ3n) is 4.74. The van der Waals surface area contributed by atoms with E-state index in [0.29, 0.717) is 51.3 Å². The van der Waals surface area contributed by atoms with Crippen LogP contribution in [-0.2, 0) is 17.6 Å². The Balaban J connectivity index is 0.00000280. The molecule has 152 valence electrons. The fourth-order valence-corrected chi connectivity index (χ4v) is 4.02. The van der Waals surface area contributed by atoms with Gasteiger partial charge in [0.15, 0.2) is 0 Å².